The molecule has 1 saturated carbocycles. The molecule has 0 heterocycles. The third kappa shape index (κ3) is 1.84. The van der Waals surface area contributed by atoms with Crippen LogP contribution < -0.4 is 0 Å². The molecular weight excluding hydrogens is 136 g/mol. The summed E-state index contributed by atoms with van der Waals surface area (Å²) in [6, 6.07) is 0. The Morgan fingerprint density at radius 1 is 1.33 bits per heavy atom. The van der Waals surface area contributed by atoms with E-state index in [4.69, 9.17) is 11.6 Å². The van der Waals surface area contributed by atoms with Gasteiger partial charge in [-0.05, 0) is 18.8 Å². The molecule has 0 spiro atoms. The summed E-state index contributed by atoms with van der Waals surface area (Å²) in [6.45, 7) is 0. The van der Waals surface area contributed by atoms with Crippen molar-refractivity contribution in [1.82, 2.24) is 0 Å². The van der Waals surface area contributed by atoms with Crippen molar-refractivity contribution in [3.63, 3.8) is 0 Å². The Hall–Kier alpha value is 0.250. The molecule has 0 amide bonds. The number of aliphatic hydroxyl groups excluding tert-OH is 1. The van der Waals surface area contributed by atoms with E-state index < -0.39 is 0 Å². The lowest BCUT2D eigenvalue weighted by Crippen LogP contribution is -2.25. The standard InChI is InChI=1S/C7H13ClO/c8-5-6-3-1-2-4-7(6)9/h6-7,9H,1-5H2/t6-,7-/m0/s1. The van der Waals surface area contributed by atoms with Crippen LogP contribution in [0.25, 0.3) is 0 Å². The lowest BCUT2D eigenvalue weighted by molar-refractivity contribution is 0.0810. The van der Waals surface area contributed by atoms with Crippen LogP contribution in [-0.4, -0.2) is 17.1 Å². The molecule has 1 fully saturated rings. The monoisotopic (exact) mass is 148 g/mol. The summed E-state index contributed by atoms with van der Waals surface area (Å²) in [5, 5.41) is 9.28. The molecule has 1 aliphatic rings. The average molecular weight is 149 g/mol. The minimum atomic E-state index is -0.115. The molecule has 2 heteroatoms. The van der Waals surface area contributed by atoms with Crippen LogP contribution in [0.15, 0.2) is 0 Å². The highest BCUT2D eigenvalue weighted by atomic mass is 35.5. The van der Waals surface area contributed by atoms with Gasteiger partial charge < -0.3 is 5.11 Å². The predicted octanol–water partition coefficient (Wildman–Crippen LogP) is 1.78. The van der Waals surface area contributed by atoms with Gasteiger partial charge in [-0.15, -0.1) is 11.6 Å². The highest BCUT2D eigenvalue weighted by molar-refractivity contribution is 6.18. The molecule has 0 aromatic heterocycles. The number of aliphatic hydroxyl groups is 1. The van der Waals surface area contributed by atoms with Gasteiger partial charge in [0, 0.05) is 5.88 Å². The van der Waals surface area contributed by atoms with Crippen molar-refractivity contribution >= 4 is 11.6 Å². The lowest BCUT2D eigenvalue weighted by atomic mass is 9.88. The van der Waals surface area contributed by atoms with E-state index in [0.29, 0.717) is 11.8 Å². The van der Waals surface area contributed by atoms with Crippen LogP contribution in [0.2, 0.25) is 0 Å². The highest BCUT2D eigenvalue weighted by Crippen LogP contribution is 2.24. The molecule has 0 radical (unpaired) electrons. The molecule has 54 valence electrons. The molecule has 1 aliphatic carbocycles. The molecule has 0 aromatic rings. The van der Waals surface area contributed by atoms with Gasteiger partial charge in [0.25, 0.3) is 0 Å². The zero-order valence-corrected chi connectivity index (χ0v) is 6.27. The van der Waals surface area contributed by atoms with E-state index in [-0.39, 0.29) is 6.10 Å². The first-order valence-corrected chi connectivity index (χ1v) is 4.12. The number of rotatable bonds is 1. The van der Waals surface area contributed by atoms with Gasteiger partial charge in [-0.2, -0.15) is 0 Å². The van der Waals surface area contributed by atoms with Crippen LogP contribution >= 0.6 is 11.6 Å². The Kier molecular flexibility index (Phi) is 2.80. The molecule has 1 rings (SSSR count). The van der Waals surface area contributed by atoms with E-state index in [1.165, 1.54) is 12.8 Å². The molecule has 0 bridgehead atoms. The summed E-state index contributed by atoms with van der Waals surface area (Å²) >= 11 is 5.62. The van der Waals surface area contributed by atoms with E-state index >= 15 is 0 Å². The van der Waals surface area contributed by atoms with Crippen molar-refractivity contribution in [2.45, 2.75) is 31.8 Å². The van der Waals surface area contributed by atoms with Crippen LogP contribution in [0.4, 0.5) is 0 Å². The SMILES string of the molecule is O[C@H]1CCCC[C@H]1CCl. The van der Waals surface area contributed by atoms with E-state index in [1.807, 2.05) is 0 Å². The summed E-state index contributed by atoms with van der Waals surface area (Å²) in [7, 11) is 0. The Bertz CT molecular complexity index is 85.0. The first-order chi connectivity index (χ1) is 4.34. The molecule has 0 saturated heterocycles. The molecule has 2 atom stereocenters. The number of hydrogen-bond acceptors (Lipinski definition) is 1. The van der Waals surface area contributed by atoms with Gasteiger partial charge in [0.2, 0.25) is 0 Å². The van der Waals surface area contributed by atoms with Crippen molar-refractivity contribution < 1.29 is 5.11 Å². The van der Waals surface area contributed by atoms with E-state index in [9.17, 15) is 5.11 Å². The first kappa shape index (κ1) is 7.36. The summed E-state index contributed by atoms with van der Waals surface area (Å²) in [5.41, 5.74) is 0. The second kappa shape index (κ2) is 3.43. The fourth-order valence-electron chi connectivity index (χ4n) is 1.37. The minimum Gasteiger partial charge on any atom is -0.393 e. The first-order valence-electron chi connectivity index (χ1n) is 3.58. The normalized spacial score (nSPS) is 36.7. The Labute approximate surface area is 61.0 Å². The Balaban J connectivity index is 2.30. The largest absolute Gasteiger partial charge is 0.393 e. The summed E-state index contributed by atoms with van der Waals surface area (Å²) in [4.78, 5) is 0. The van der Waals surface area contributed by atoms with Crippen LogP contribution in [0.5, 0.6) is 0 Å². The smallest absolute Gasteiger partial charge is 0.0579 e. The molecular formula is C7H13ClO. The minimum absolute atomic E-state index is 0.115. The van der Waals surface area contributed by atoms with Crippen LogP contribution in [0.1, 0.15) is 25.7 Å². The topological polar surface area (TPSA) is 20.2 Å². The summed E-state index contributed by atoms with van der Waals surface area (Å²) in [6.07, 6.45) is 4.38. The van der Waals surface area contributed by atoms with Crippen LogP contribution in [-0.2, 0) is 0 Å². The lowest BCUT2D eigenvalue weighted by Gasteiger charge is -2.25. The predicted molar refractivity (Wildman–Crippen MR) is 38.7 cm³/mol. The maximum absolute atomic E-state index is 9.28. The van der Waals surface area contributed by atoms with Gasteiger partial charge in [0.05, 0.1) is 6.10 Å². The van der Waals surface area contributed by atoms with Crippen molar-refractivity contribution in [2.75, 3.05) is 5.88 Å². The van der Waals surface area contributed by atoms with Gasteiger partial charge in [-0.25, -0.2) is 0 Å². The fourth-order valence-corrected chi connectivity index (χ4v) is 1.73. The molecule has 1 nitrogen and oxygen atoms in total. The van der Waals surface area contributed by atoms with E-state index in [1.54, 1.807) is 0 Å². The summed E-state index contributed by atoms with van der Waals surface area (Å²) < 4.78 is 0. The fraction of sp³-hybridized carbons (Fsp3) is 1.00. The van der Waals surface area contributed by atoms with Crippen molar-refractivity contribution in [3.8, 4) is 0 Å². The third-order valence-corrected chi connectivity index (χ3v) is 2.46. The Morgan fingerprint density at radius 2 is 2.00 bits per heavy atom. The average Bonchev–Trinajstić information content (AvgIpc) is 1.89. The van der Waals surface area contributed by atoms with Gasteiger partial charge >= 0.3 is 0 Å². The Morgan fingerprint density at radius 3 is 2.44 bits per heavy atom. The van der Waals surface area contributed by atoms with E-state index in [0.717, 1.165) is 12.8 Å². The molecule has 9 heavy (non-hydrogen) atoms. The molecule has 0 unspecified atom stereocenters. The van der Waals surface area contributed by atoms with Gasteiger partial charge in [0.15, 0.2) is 0 Å². The number of hydrogen-bond donors (Lipinski definition) is 1. The number of halogens is 1. The maximum atomic E-state index is 9.28. The summed E-state index contributed by atoms with van der Waals surface area (Å²) in [5.74, 6) is 1.00. The second-order valence-corrected chi connectivity index (χ2v) is 3.07. The zero-order chi connectivity index (χ0) is 6.69. The molecule has 0 aromatic carbocycles. The zero-order valence-electron chi connectivity index (χ0n) is 5.52. The van der Waals surface area contributed by atoms with Crippen molar-refractivity contribution in [1.29, 1.82) is 0 Å². The number of alkyl halides is 1. The van der Waals surface area contributed by atoms with E-state index in [2.05, 4.69) is 0 Å². The van der Waals surface area contributed by atoms with Gasteiger partial charge in [-0.1, -0.05) is 12.8 Å². The van der Waals surface area contributed by atoms with Gasteiger partial charge in [-0.3, -0.25) is 0 Å². The van der Waals surface area contributed by atoms with Crippen LogP contribution in [0.3, 0.4) is 0 Å². The maximum Gasteiger partial charge on any atom is 0.0579 e. The third-order valence-electron chi connectivity index (χ3n) is 2.07. The second-order valence-electron chi connectivity index (χ2n) is 2.77. The highest BCUT2D eigenvalue weighted by Gasteiger charge is 2.21. The van der Waals surface area contributed by atoms with Gasteiger partial charge in [0.1, 0.15) is 0 Å². The quantitative estimate of drug-likeness (QED) is 0.562. The van der Waals surface area contributed by atoms with Crippen LogP contribution in [0, 0.1) is 5.92 Å². The molecule has 0 aliphatic heterocycles. The van der Waals surface area contributed by atoms with Crippen molar-refractivity contribution in [3.05, 3.63) is 0 Å². The molecule has 1 N–H and O–H groups in total. The van der Waals surface area contributed by atoms with Crippen molar-refractivity contribution in [2.24, 2.45) is 5.92 Å².